The number of thioether (sulfide) groups is 2. The molecule has 0 aromatic carbocycles. The molecule has 2 saturated carbocycles. The highest BCUT2D eigenvalue weighted by Gasteiger charge is 2.40. The molecule has 126 valence electrons. The maximum atomic E-state index is 12.8. The van der Waals surface area contributed by atoms with E-state index in [1.165, 1.54) is 31.3 Å². The Morgan fingerprint density at radius 1 is 0.957 bits per heavy atom. The van der Waals surface area contributed by atoms with Gasteiger partial charge in [0.25, 0.3) is 0 Å². The van der Waals surface area contributed by atoms with Crippen LogP contribution in [0, 0.1) is 11.8 Å². The zero-order valence-corrected chi connectivity index (χ0v) is 15.0. The van der Waals surface area contributed by atoms with Gasteiger partial charge in [0.15, 0.2) is 0 Å². The van der Waals surface area contributed by atoms with Crippen molar-refractivity contribution >= 4 is 35.3 Å². The van der Waals surface area contributed by atoms with E-state index in [2.05, 4.69) is 0 Å². The molecule has 0 aromatic heterocycles. The quantitative estimate of drug-likeness (QED) is 0.728. The van der Waals surface area contributed by atoms with Gasteiger partial charge in [-0.15, -0.1) is 11.8 Å². The second kappa shape index (κ2) is 6.71. The van der Waals surface area contributed by atoms with Crippen LogP contribution in [0.5, 0.6) is 0 Å². The summed E-state index contributed by atoms with van der Waals surface area (Å²) in [6.07, 6.45) is 6.89. The molecule has 4 rings (SSSR count). The molecule has 0 unspecified atom stereocenters. The van der Waals surface area contributed by atoms with Gasteiger partial charge in [0.1, 0.15) is 6.04 Å². The lowest BCUT2D eigenvalue weighted by Gasteiger charge is -2.31. The van der Waals surface area contributed by atoms with Gasteiger partial charge in [0, 0.05) is 36.4 Å². The number of rotatable bonds is 4. The number of carbonyl (C=O) groups excluding carboxylic acids is 2. The molecule has 1 atom stereocenters. The third-order valence-corrected chi connectivity index (χ3v) is 7.12. The second-order valence-corrected chi connectivity index (χ2v) is 9.18. The third-order valence-electron chi connectivity index (χ3n) is 5.16. The van der Waals surface area contributed by atoms with Crippen LogP contribution in [0.25, 0.3) is 0 Å². The first-order valence-corrected chi connectivity index (χ1v) is 11.0. The molecule has 0 aromatic rings. The first kappa shape index (κ1) is 15.9. The smallest absolute Gasteiger partial charge is 0.247 e. The summed E-state index contributed by atoms with van der Waals surface area (Å²) in [5.41, 5.74) is 1.38. The molecule has 0 radical (unpaired) electrons. The predicted octanol–water partition coefficient (Wildman–Crippen LogP) is 2.21. The van der Waals surface area contributed by atoms with Crippen molar-refractivity contribution in [3.63, 3.8) is 0 Å². The van der Waals surface area contributed by atoms with E-state index in [0.29, 0.717) is 17.7 Å². The number of hydrogen-bond donors (Lipinski definition) is 0. The topological polar surface area (TPSA) is 40.6 Å². The van der Waals surface area contributed by atoms with Gasteiger partial charge in [-0.1, -0.05) is 5.57 Å². The summed E-state index contributed by atoms with van der Waals surface area (Å²) in [6, 6.07) is -0.244. The molecule has 4 fully saturated rings. The Labute approximate surface area is 146 Å². The molecule has 2 aliphatic heterocycles. The van der Waals surface area contributed by atoms with E-state index < -0.39 is 0 Å². The van der Waals surface area contributed by atoms with Crippen molar-refractivity contribution in [3.8, 4) is 0 Å². The van der Waals surface area contributed by atoms with Crippen LogP contribution >= 0.6 is 23.5 Å². The van der Waals surface area contributed by atoms with Gasteiger partial charge in [0.2, 0.25) is 11.8 Å². The molecular weight excluding hydrogens is 328 g/mol. The number of allylic oxidation sites excluding steroid dienone is 1. The van der Waals surface area contributed by atoms with E-state index in [1.54, 1.807) is 11.8 Å². The van der Waals surface area contributed by atoms with Crippen LogP contribution in [0.2, 0.25) is 0 Å². The molecule has 0 N–H and O–H groups in total. The number of nitrogens with zero attached hydrogens (tertiary/aromatic N) is 2. The zero-order chi connectivity index (χ0) is 15.8. The number of carbonyl (C=O) groups is 2. The van der Waals surface area contributed by atoms with Crippen LogP contribution in [-0.4, -0.2) is 63.9 Å². The lowest BCUT2D eigenvalue weighted by Crippen LogP contribution is -2.50. The van der Waals surface area contributed by atoms with Gasteiger partial charge in [-0.2, -0.15) is 11.8 Å². The van der Waals surface area contributed by atoms with Crippen molar-refractivity contribution < 1.29 is 9.59 Å². The first-order chi connectivity index (χ1) is 11.2. The molecule has 0 bridgehead atoms. The van der Waals surface area contributed by atoms with Crippen LogP contribution in [-0.2, 0) is 9.59 Å². The minimum Gasteiger partial charge on any atom is -0.339 e. The molecule has 4 aliphatic rings. The fourth-order valence-electron chi connectivity index (χ4n) is 3.49. The average Bonchev–Trinajstić information content (AvgIpc) is 3.51. The Kier molecular flexibility index (Phi) is 4.63. The first-order valence-electron chi connectivity index (χ1n) is 8.70. The summed E-state index contributed by atoms with van der Waals surface area (Å²) in [7, 11) is 0. The maximum absolute atomic E-state index is 12.8. The molecule has 2 amide bonds. The molecule has 6 heteroatoms. The van der Waals surface area contributed by atoms with Gasteiger partial charge in [0.05, 0.1) is 5.88 Å². The lowest BCUT2D eigenvalue weighted by molar-refractivity contribution is -0.141. The van der Waals surface area contributed by atoms with Crippen LogP contribution < -0.4 is 0 Å². The Morgan fingerprint density at radius 2 is 1.61 bits per heavy atom. The zero-order valence-electron chi connectivity index (χ0n) is 13.4. The fourth-order valence-corrected chi connectivity index (χ4v) is 5.54. The van der Waals surface area contributed by atoms with Crippen LogP contribution in [0.15, 0.2) is 11.6 Å². The number of hydrogen-bond acceptors (Lipinski definition) is 4. The Morgan fingerprint density at radius 3 is 2.22 bits per heavy atom. The van der Waals surface area contributed by atoms with Gasteiger partial charge < -0.3 is 9.80 Å². The lowest BCUT2D eigenvalue weighted by atomic mass is 10.1. The van der Waals surface area contributed by atoms with Gasteiger partial charge in [-0.25, -0.2) is 0 Å². The van der Waals surface area contributed by atoms with E-state index in [1.807, 2.05) is 27.6 Å². The highest BCUT2D eigenvalue weighted by molar-refractivity contribution is 7.99. The summed E-state index contributed by atoms with van der Waals surface area (Å²) in [4.78, 5) is 29.3. The van der Waals surface area contributed by atoms with Crippen LogP contribution in [0.1, 0.15) is 25.7 Å². The SMILES string of the molecule is O=C([C@@H]1CSCN1C(=O)C=C(C1CC1)C1CC1)N1CCSCC1. The molecule has 2 aliphatic carbocycles. The molecule has 2 saturated heterocycles. The average molecular weight is 353 g/mol. The van der Waals surface area contributed by atoms with Gasteiger partial charge in [-0.3, -0.25) is 9.59 Å². The highest BCUT2D eigenvalue weighted by atomic mass is 32.2. The predicted molar refractivity (Wildman–Crippen MR) is 95.4 cm³/mol. The molecule has 4 nitrogen and oxygen atoms in total. The van der Waals surface area contributed by atoms with E-state index in [4.69, 9.17) is 0 Å². The molecule has 0 spiro atoms. The van der Waals surface area contributed by atoms with Gasteiger partial charge in [-0.05, 0) is 37.5 Å². The van der Waals surface area contributed by atoms with Crippen molar-refractivity contribution in [1.29, 1.82) is 0 Å². The van der Waals surface area contributed by atoms with Gasteiger partial charge >= 0.3 is 0 Å². The minimum absolute atomic E-state index is 0.0773. The highest BCUT2D eigenvalue weighted by Crippen LogP contribution is 2.48. The molecule has 23 heavy (non-hydrogen) atoms. The molecular formula is C17H24N2O2S2. The number of amides is 2. The second-order valence-electron chi connectivity index (χ2n) is 6.95. The summed E-state index contributed by atoms with van der Waals surface area (Å²) in [5, 5.41) is 0. The van der Waals surface area contributed by atoms with Crippen LogP contribution in [0.3, 0.4) is 0 Å². The Bertz CT molecular complexity index is 509. The van der Waals surface area contributed by atoms with E-state index >= 15 is 0 Å². The van der Waals surface area contributed by atoms with Crippen LogP contribution in [0.4, 0.5) is 0 Å². The summed E-state index contributed by atoms with van der Waals surface area (Å²) in [6.45, 7) is 1.66. The van der Waals surface area contributed by atoms with E-state index in [9.17, 15) is 9.59 Å². The fraction of sp³-hybridized carbons (Fsp3) is 0.765. The van der Waals surface area contributed by atoms with Crippen molar-refractivity contribution in [2.75, 3.05) is 36.2 Å². The van der Waals surface area contributed by atoms with Crippen molar-refractivity contribution in [2.45, 2.75) is 31.7 Å². The molecule has 2 heterocycles. The normalized spacial score (nSPS) is 27.9. The Balaban J connectivity index is 1.45. The summed E-state index contributed by atoms with van der Waals surface area (Å²) >= 11 is 3.61. The summed E-state index contributed by atoms with van der Waals surface area (Å²) < 4.78 is 0. The van der Waals surface area contributed by atoms with Crippen molar-refractivity contribution in [1.82, 2.24) is 9.80 Å². The minimum atomic E-state index is -0.244. The summed E-state index contributed by atoms with van der Waals surface area (Å²) in [5.74, 6) is 5.02. The third kappa shape index (κ3) is 3.58. The largest absolute Gasteiger partial charge is 0.339 e. The standard InChI is InChI=1S/C17H24N2O2S2/c20-16(9-14(12-1-2-12)13-3-4-13)19-11-23-10-15(19)17(21)18-5-7-22-8-6-18/h9,12-13,15H,1-8,10-11H2/t15-/m0/s1. The Hall–Kier alpha value is -0.620. The van der Waals surface area contributed by atoms with E-state index in [-0.39, 0.29) is 17.9 Å². The van der Waals surface area contributed by atoms with E-state index in [0.717, 1.165) is 30.3 Å². The maximum Gasteiger partial charge on any atom is 0.247 e. The monoisotopic (exact) mass is 352 g/mol. The van der Waals surface area contributed by atoms with Crippen molar-refractivity contribution in [3.05, 3.63) is 11.6 Å². The van der Waals surface area contributed by atoms with Crippen molar-refractivity contribution in [2.24, 2.45) is 11.8 Å².